The first-order valence-corrected chi connectivity index (χ1v) is 5.48. The molecular weight excluding hydrogens is 220 g/mol. The van der Waals surface area contributed by atoms with Crippen LogP contribution in [0.3, 0.4) is 0 Å². The molecule has 0 saturated carbocycles. The first-order chi connectivity index (χ1) is 8.13. The van der Waals surface area contributed by atoms with Gasteiger partial charge >= 0.3 is 6.03 Å². The van der Waals surface area contributed by atoms with Crippen molar-refractivity contribution in [2.24, 2.45) is 5.73 Å². The molecule has 1 aromatic heterocycles. The molecule has 0 aromatic carbocycles. The van der Waals surface area contributed by atoms with Crippen molar-refractivity contribution < 1.29 is 4.79 Å². The quantitative estimate of drug-likeness (QED) is 0.533. The third kappa shape index (κ3) is 4.54. The molecule has 7 nitrogen and oxygen atoms in total. The maximum Gasteiger partial charge on any atom is 0.312 e. The molecule has 0 aliphatic rings. The van der Waals surface area contributed by atoms with Crippen LogP contribution in [-0.2, 0) is 0 Å². The Morgan fingerprint density at radius 3 is 2.82 bits per heavy atom. The first kappa shape index (κ1) is 13.0. The summed E-state index contributed by atoms with van der Waals surface area (Å²) >= 11 is 0. The van der Waals surface area contributed by atoms with E-state index in [2.05, 4.69) is 25.9 Å². The second-order valence-corrected chi connectivity index (χ2v) is 3.47. The number of hydrogen-bond donors (Lipinski definition) is 4. The number of urea groups is 1. The molecule has 94 valence electrons. The van der Waals surface area contributed by atoms with E-state index >= 15 is 0 Å². The van der Waals surface area contributed by atoms with Crippen LogP contribution in [0, 0.1) is 6.92 Å². The van der Waals surface area contributed by atoms with Gasteiger partial charge in [0.25, 0.3) is 0 Å². The van der Waals surface area contributed by atoms with E-state index < -0.39 is 6.03 Å². The third-order valence-electron chi connectivity index (χ3n) is 2.02. The molecule has 0 radical (unpaired) electrons. The van der Waals surface area contributed by atoms with Gasteiger partial charge in [0.05, 0.1) is 0 Å². The minimum absolute atomic E-state index is 0.454. The smallest absolute Gasteiger partial charge is 0.312 e. The predicted octanol–water partition coefficient (Wildman–Crippen LogP) is 0.297. The maximum absolute atomic E-state index is 10.5. The van der Waals surface area contributed by atoms with Crippen molar-refractivity contribution in [3.05, 3.63) is 11.8 Å². The molecular formula is C10H18N6O. The van der Waals surface area contributed by atoms with Crippen LogP contribution in [0.25, 0.3) is 0 Å². The Labute approximate surface area is 100 Å². The number of carbonyl (C=O) groups is 1. The Balaban J connectivity index is 2.51. The van der Waals surface area contributed by atoms with Crippen LogP contribution in [0.5, 0.6) is 0 Å². The zero-order valence-electron chi connectivity index (χ0n) is 10.1. The molecule has 0 saturated heterocycles. The van der Waals surface area contributed by atoms with E-state index in [0.29, 0.717) is 19.0 Å². The van der Waals surface area contributed by atoms with Gasteiger partial charge in [-0.05, 0) is 13.8 Å². The number of carbonyl (C=O) groups excluding carboxylic acids is 1. The molecule has 17 heavy (non-hydrogen) atoms. The van der Waals surface area contributed by atoms with Gasteiger partial charge < -0.3 is 21.7 Å². The Kier molecular flexibility index (Phi) is 4.99. The predicted molar refractivity (Wildman–Crippen MR) is 67.0 cm³/mol. The highest BCUT2D eigenvalue weighted by molar-refractivity contribution is 5.71. The maximum atomic E-state index is 10.5. The first-order valence-electron chi connectivity index (χ1n) is 5.48. The highest BCUT2D eigenvalue weighted by Crippen LogP contribution is 2.11. The molecule has 1 aromatic rings. The zero-order valence-corrected chi connectivity index (χ0v) is 10.1. The van der Waals surface area contributed by atoms with Crippen LogP contribution < -0.4 is 21.7 Å². The number of nitrogens with zero attached hydrogens (tertiary/aromatic N) is 2. The standard InChI is InChI=1S/C10H18N6O/c1-3-12-10-15-6-7(2)8(16-10)13-4-5-14-9(11)17/h6H,3-5H2,1-2H3,(H3,11,14,17)(H2,12,13,15,16). The summed E-state index contributed by atoms with van der Waals surface area (Å²) in [6.07, 6.45) is 1.74. The summed E-state index contributed by atoms with van der Waals surface area (Å²) in [6.45, 7) is 5.68. The molecule has 1 heterocycles. The van der Waals surface area contributed by atoms with E-state index in [4.69, 9.17) is 5.73 Å². The van der Waals surface area contributed by atoms with E-state index in [1.165, 1.54) is 0 Å². The summed E-state index contributed by atoms with van der Waals surface area (Å²) in [5, 5.41) is 8.63. The van der Waals surface area contributed by atoms with Crippen LogP contribution in [0.4, 0.5) is 16.6 Å². The van der Waals surface area contributed by atoms with Gasteiger partial charge in [0, 0.05) is 31.4 Å². The average Bonchev–Trinajstić information content (AvgIpc) is 2.28. The van der Waals surface area contributed by atoms with Gasteiger partial charge in [-0.2, -0.15) is 4.98 Å². The van der Waals surface area contributed by atoms with E-state index in [1.54, 1.807) is 6.20 Å². The van der Waals surface area contributed by atoms with Gasteiger partial charge in [0.15, 0.2) is 0 Å². The fraction of sp³-hybridized carbons (Fsp3) is 0.500. The fourth-order valence-corrected chi connectivity index (χ4v) is 1.23. The minimum atomic E-state index is -0.528. The molecule has 0 spiro atoms. The number of aromatic nitrogens is 2. The van der Waals surface area contributed by atoms with Crippen molar-refractivity contribution >= 4 is 17.8 Å². The van der Waals surface area contributed by atoms with Crippen molar-refractivity contribution in [1.29, 1.82) is 0 Å². The molecule has 7 heteroatoms. The van der Waals surface area contributed by atoms with Gasteiger partial charge in [0.1, 0.15) is 5.82 Å². The summed E-state index contributed by atoms with van der Waals surface area (Å²) in [5.74, 6) is 1.34. The molecule has 1 rings (SSSR count). The highest BCUT2D eigenvalue weighted by Gasteiger charge is 2.02. The van der Waals surface area contributed by atoms with Crippen LogP contribution in [-0.4, -0.2) is 35.6 Å². The normalized spacial score (nSPS) is 9.76. The molecule has 5 N–H and O–H groups in total. The number of nitrogens with one attached hydrogen (secondary N) is 3. The minimum Gasteiger partial charge on any atom is -0.368 e. The van der Waals surface area contributed by atoms with Crippen molar-refractivity contribution in [3.8, 4) is 0 Å². The van der Waals surface area contributed by atoms with Crippen LogP contribution in [0.15, 0.2) is 6.20 Å². The lowest BCUT2D eigenvalue weighted by atomic mass is 10.3. The number of anilines is 2. The SMILES string of the molecule is CCNc1ncc(C)c(NCCNC(N)=O)n1. The van der Waals surface area contributed by atoms with E-state index in [9.17, 15) is 4.79 Å². The van der Waals surface area contributed by atoms with Crippen molar-refractivity contribution in [2.45, 2.75) is 13.8 Å². The highest BCUT2D eigenvalue weighted by atomic mass is 16.2. The average molecular weight is 238 g/mol. The van der Waals surface area contributed by atoms with Gasteiger partial charge in [-0.25, -0.2) is 9.78 Å². The Morgan fingerprint density at radius 2 is 2.18 bits per heavy atom. The molecule has 0 aliphatic heterocycles. The lowest BCUT2D eigenvalue weighted by Gasteiger charge is -2.10. The number of amides is 2. The molecule has 0 unspecified atom stereocenters. The molecule has 0 aliphatic carbocycles. The van der Waals surface area contributed by atoms with Crippen molar-refractivity contribution in [2.75, 3.05) is 30.3 Å². The molecule has 0 fully saturated rings. The number of nitrogens with two attached hydrogens (primary N) is 1. The lowest BCUT2D eigenvalue weighted by Crippen LogP contribution is -2.33. The van der Waals surface area contributed by atoms with E-state index in [-0.39, 0.29) is 0 Å². The summed E-state index contributed by atoms with van der Waals surface area (Å²) < 4.78 is 0. The molecule has 2 amide bonds. The van der Waals surface area contributed by atoms with Crippen LogP contribution in [0.2, 0.25) is 0 Å². The summed E-state index contributed by atoms with van der Waals surface area (Å²) in [4.78, 5) is 18.9. The van der Waals surface area contributed by atoms with Crippen molar-refractivity contribution in [1.82, 2.24) is 15.3 Å². The summed E-state index contributed by atoms with van der Waals surface area (Å²) in [7, 11) is 0. The van der Waals surface area contributed by atoms with E-state index in [0.717, 1.165) is 17.9 Å². The number of hydrogen-bond acceptors (Lipinski definition) is 5. The van der Waals surface area contributed by atoms with Gasteiger partial charge in [-0.1, -0.05) is 0 Å². The largest absolute Gasteiger partial charge is 0.368 e. The monoisotopic (exact) mass is 238 g/mol. The molecule has 0 bridgehead atoms. The van der Waals surface area contributed by atoms with Gasteiger partial charge in [-0.3, -0.25) is 0 Å². The Hall–Kier alpha value is -2.05. The molecule has 0 atom stereocenters. The fourth-order valence-electron chi connectivity index (χ4n) is 1.23. The second kappa shape index (κ2) is 6.51. The van der Waals surface area contributed by atoms with Crippen molar-refractivity contribution in [3.63, 3.8) is 0 Å². The van der Waals surface area contributed by atoms with Gasteiger partial charge in [0.2, 0.25) is 5.95 Å². The number of aryl methyl sites for hydroxylation is 1. The zero-order chi connectivity index (χ0) is 12.7. The lowest BCUT2D eigenvalue weighted by molar-refractivity contribution is 0.249. The number of primary amides is 1. The third-order valence-corrected chi connectivity index (χ3v) is 2.02. The number of rotatable bonds is 6. The van der Waals surface area contributed by atoms with Crippen LogP contribution >= 0.6 is 0 Å². The van der Waals surface area contributed by atoms with Gasteiger partial charge in [-0.15, -0.1) is 0 Å². The topological polar surface area (TPSA) is 105 Å². The Bertz CT molecular complexity index is 381. The second-order valence-electron chi connectivity index (χ2n) is 3.47. The summed E-state index contributed by atoms with van der Waals surface area (Å²) in [5.41, 5.74) is 5.90. The summed E-state index contributed by atoms with van der Waals surface area (Å²) in [6, 6.07) is -0.528. The Morgan fingerprint density at radius 1 is 1.41 bits per heavy atom. The van der Waals surface area contributed by atoms with Crippen LogP contribution in [0.1, 0.15) is 12.5 Å². The van der Waals surface area contributed by atoms with E-state index in [1.807, 2.05) is 13.8 Å².